The normalized spacial score (nSPS) is 16.6. The Kier molecular flexibility index (Phi) is 4.60. The summed E-state index contributed by atoms with van der Waals surface area (Å²) in [5.41, 5.74) is 2.53. The Morgan fingerprint density at radius 1 is 1.18 bits per heavy atom. The van der Waals surface area contributed by atoms with Crippen molar-refractivity contribution >= 4 is 0 Å². The summed E-state index contributed by atoms with van der Waals surface area (Å²) in [4.78, 5) is 0. The average molecular weight is 236 g/mol. The number of nitrogens with zero attached hydrogens (tertiary/aromatic N) is 1. The van der Waals surface area contributed by atoms with Crippen LogP contribution in [0.3, 0.4) is 0 Å². The fourth-order valence-corrected chi connectivity index (χ4v) is 2.42. The highest BCUT2D eigenvalue weighted by Crippen LogP contribution is 2.23. The lowest BCUT2D eigenvalue weighted by Gasteiger charge is -2.09. The van der Waals surface area contributed by atoms with Gasteiger partial charge in [-0.05, 0) is 31.7 Å². The topological polar surface area (TPSA) is 38.1 Å². The SMILES string of the molecule is CC(C)CNCc1noc2c1CCCCCC2. The van der Waals surface area contributed by atoms with Crippen LogP contribution in [0.25, 0.3) is 0 Å². The minimum atomic E-state index is 0.684. The van der Waals surface area contributed by atoms with Crippen LogP contribution < -0.4 is 5.32 Å². The highest BCUT2D eigenvalue weighted by atomic mass is 16.5. The van der Waals surface area contributed by atoms with Crippen LogP contribution in [0.15, 0.2) is 4.52 Å². The standard InChI is InChI=1S/C14H24N2O/c1-11(2)9-15-10-13-12-7-5-3-4-6-8-14(12)17-16-13/h11,15H,3-10H2,1-2H3. The smallest absolute Gasteiger partial charge is 0.140 e. The lowest BCUT2D eigenvalue weighted by atomic mass is 9.97. The lowest BCUT2D eigenvalue weighted by Crippen LogP contribution is -2.20. The van der Waals surface area contributed by atoms with Crippen LogP contribution in [-0.4, -0.2) is 11.7 Å². The second kappa shape index (κ2) is 6.20. The summed E-state index contributed by atoms with van der Waals surface area (Å²) in [6.45, 7) is 6.35. The van der Waals surface area contributed by atoms with Crippen molar-refractivity contribution < 1.29 is 4.52 Å². The molecule has 1 heterocycles. The molecular weight excluding hydrogens is 212 g/mol. The zero-order chi connectivity index (χ0) is 12.1. The van der Waals surface area contributed by atoms with E-state index in [0.29, 0.717) is 5.92 Å². The molecule has 0 saturated heterocycles. The summed E-state index contributed by atoms with van der Waals surface area (Å²) in [6.07, 6.45) is 7.45. The van der Waals surface area contributed by atoms with Crippen LogP contribution in [-0.2, 0) is 19.4 Å². The zero-order valence-electron chi connectivity index (χ0n) is 11.1. The molecule has 0 amide bonds. The summed E-state index contributed by atoms with van der Waals surface area (Å²) in [6, 6.07) is 0. The Morgan fingerprint density at radius 2 is 1.94 bits per heavy atom. The number of aromatic nitrogens is 1. The van der Waals surface area contributed by atoms with E-state index in [9.17, 15) is 0 Å². The second-order valence-electron chi connectivity index (χ2n) is 5.47. The van der Waals surface area contributed by atoms with E-state index in [0.717, 1.165) is 37.4 Å². The van der Waals surface area contributed by atoms with Crippen LogP contribution in [0, 0.1) is 5.92 Å². The monoisotopic (exact) mass is 236 g/mol. The maximum absolute atomic E-state index is 5.49. The van der Waals surface area contributed by atoms with Crippen LogP contribution >= 0.6 is 0 Å². The predicted molar refractivity (Wildman–Crippen MR) is 68.9 cm³/mol. The summed E-state index contributed by atoms with van der Waals surface area (Å²) in [7, 11) is 0. The van der Waals surface area contributed by atoms with Gasteiger partial charge in [0.1, 0.15) is 11.5 Å². The molecule has 0 spiro atoms. The Morgan fingerprint density at radius 3 is 2.71 bits per heavy atom. The van der Waals surface area contributed by atoms with Gasteiger partial charge in [0.25, 0.3) is 0 Å². The van der Waals surface area contributed by atoms with Crippen molar-refractivity contribution in [3.8, 4) is 0 Å². The Balaban J connectivity index is 1.97. The van der Waals surface area contributed by atoms with E-state index in [1.807, 2.05) is 0 Å². The van der Waals surface area contributed by atoms with Crippen molar-refractivity contribution in [2.45, 2.75) is 58.9 Å². The molecule has 3 heteroatoms. The fourth-order valence-electron chi connectivity index (χ4n) is 2.42. The molecule has 0 unspecified atom stereocenters. The van der Waals surface area contributed by atoms with E-state index in [1.54, 1.807) is 0 Å². The number of fused-ring (bicyclic) bond motifs is 1. The molecule has 0 atom stereocenters. The number of hydrogen-bond donors (Lipinski definition) is 1. The van der Waals surface area contributed by atoms with Crippen LogP contribution in [0.1, 0.15) is 56.5 Å². The third-order valence-corrected chi connectivity index (χ3v) is 3.38. The molecule has 17 heavy (non-hydrogen) atoms. The highest BCUT2D eigenvalue weighted by Gasteiger charge is 2.16. The fraction of sp³-hybridized carbons (Fsp3) is 0.786. The molecule has 1 aromatic heterocycles. The lowest BCUT2D eigenvalue weighted by molar-refractivity contribution is 0.367. The molecule has 0 bridgehead atoms. The molecule has 0 fully saturated rings. The molecule has 0 aromatic carbocycles. The first-order valence-corrected chi connectivity index (χ1v) is 6.94. The van der Waals surface area contributed by atoms with Gasteiger partial charge in [-0.2, -0.15) is 0 Å². The van der Waals surface area contributed by atoms with Crippen molar-refractivity contribution in [2.24, 2.45) is 5.92 Å². The van der Waals surface area contributed by atoms with Crippen LogP contribution in [0.5, 0.6) is 0 Å². The van der Waals surface area contributed by atoms with Gasteiger partial charge >= 0.3 is 0 Å². The molecule has 0 saturated carbocycles. The molecular formula is C14H24N2O. The molecule has 96 valence electrons. The Hall–Kier alpha value is -0.830. The number of aryl methyl sites for hydroxylation is 1. The molecule has 1 aliphatic carbocycles. The first-order chi connectivity index (χ1) is 8.27. The summed E-state index contributed by atoms with van der Waals surface area (Å²) in [5, 5.41) is 7.69. The van der Waals surface area contributed by atoms with Gasteiger partial charge in [0.15, 0.2) is 0 Å². The molecule has 1 N–H and O–H groups in total. The second-order valence-corrected chi connectivity index (χ2v) is 5.47. The first-order valence-electron chi connectivity index (χ1n) is 6.94. The quantitative estimate of drug-likeness (QED) is 0.873. The van der Waals surface area contributed by atoms with Crippen LogP contribution in [0.2, 0.25) is 0 Å². The van der Waals surface area contributed by atoms with E-state index >= 15 is 0 Å². The van der Waals surface area contributed by atoms with Crippen molar-refractivity contribution in [1.82, 2.24) is 10.5 Å². The van der Waals surface area contributed by atoms with Gasteiger partial charge in [0, 0.05) is 18.5 Å². The van der Waals surface area contributed by atoms with Gasteiger partial charge in [-0.15, -0.1) is 0 Å². The maximum Gasteiger partial charge on any atom is 0.140 e. The van der Waals surface area contributed by atoms with Crippen molar-refractivity contribution in [3.63, 3.8) is 0 Å². The minimum absolute atomic E-state index is 0.684. The molecule has 2 rings (SSSR count). The third kappa shape index (κ3) is 3.56. The zero-order valence-corrected chi connectivity index (χ0v) is 11.1. The van der Waals surface area contributed by atoms with Crippen molar-refractivity contribution in [1.29, 1.82) is 0 Å². The van der Waals surface area contributed by atoms with Gasteiger partial charge in [0.05, 0.1) is 0 Å². The average Bonchev–Trinajstić information content (AvgIpc) is 2.59. The number of hydrogen-bond acceptors (Lipinski definition) is 3. The van der Waals surface area contributed by atoms with Crippen molar-refractivity contribution in [2.75, 3.05) is 6.54 Å². The summed E-state index contributed by atoms with van der Waals surface area (Å²) in [5.74, 6) is 1.83. The Bertz CT molecular complexity index is 344. The minimum Gasteiger partial charge on any atom is -0.361 e. The van der Waals surface area contributed by atoms with E-state index < -0.39 is 0 Å². The molecule has 1 aliphatic rings. The van der Waals surface area contributed by atoms with Gasteiger partial charge < -0.3 is 9.84 Å². The van der Waals surface area contributed by atoms with Gasteiger partial charge in [-0.3, -0.25) is 0 Å². The predicted octanol–water partition coefficient (Wildman–Crippen LogP) is 3.08. The molecule has 3 nitrogen and oxygen atoms in total. The summed E-state index contributed by atoms with van der Waals surface area (Å²) < 4.78 is 5.49. The third-order valence-electron chi connectivity index (χ3n) is 3.38. The van der Waals surface area contributed by atoms with E-state index in [2.05, 4.69) is 24.3 Å². The largest absolute Gasteiger partial charge is 0.361 e. The molecule has 0 radical (unpaired) electrons. The summed E-state index contributed by atoms with van der Waals surface area (Å²) >= 11 is 0. The van der Waals surface area contributed by atoms with E-state index in [1.165, 1.54) is 31.2 Å². The van der Waals surface area contributed by atoms with Gasteiger partial charge in [-0.1, -0.05) is 31.8 Å². The van der Waals surface area contributed by atoms with Gasteiger partial charge in [-0.25, -0.2) is 0 Å². The van der Waals surface area contributed by atoms with Crippen molar-refractivity contribution in [3.05, 3.63) is 17.0 Å². The number of nitrogens with one attached hydrogen (secondary N) is 1. The number of rotatable bonds is 4. The van der Waals surface area contributed by atoms with E-state index in [-0.39, 0.29) is 0 Å². The first kappa shape index (κ1) is 12.6. The molecule has 0 aliphatic heterocycles. The Labute approximate surface area is 104 Å². The maximum atomic E-state index is 5.49. The van der Waals surface area contributed by atoms with Gasteiger partial charge in [0.2, 0.25) is 0 Å². The van der Waals surface area contributed by atoms with Crippen LogP contribution in [0.4, 0.5) is 0 Å². The van der Waals surface area contributed by atoms with E-state index in [4.69, 9.17) is 4.52 Å². The molecule has 1 aromatic rings. The highest BCUT2D eigenvalue weighted by molar-refractivity contribution is 5.23.